The standard InChI is InChI=1S/C16H20N2OS/c1-11-5-3-6-12(9-11)10-18(2)16-17-15-13(19)7-4-8-14(15)20-16/h3,5-6,9,13,19H,4,7-8,10H2,1-2H3. The SMILES string of the molecule is Cc1cccc(CN(C)c2nc3c(s2)CCCC3O)c1. The van der Waals surface area contributed by atoms with Crippen LogP contribution < -0.4 is 4.90 Å². The van der Waals surface area contributed by atoms with Crippen molar-refractivity contribution in [2.45, 2.75) is 38.8 Å². The number of aryl methyl sites for hydroxylation is 2. The summed E-state index contributed by atoms with van der Waals surface area (Å²) >= 11 is 1.73. The van der Waals surface area contributed by atoms with E-state index < -0.39 is 0 Å². The molecule has 1 N–H and O–H groups in total. The molecule has 1 aromatic carbocycles. The van der Waals surface area contributed by atoms with Crippen LogP contribution in [-0.2, 0) is 13.0 Å². The summed E-state index contributed by atoms with van der Waals surface area (Å²) in [5, 5.41) is 11.0. The van der Waals surface area contributed by atoms with E-state index in [4.69, 9.17) is 0 Å². The van der Waals surface area contributed by atoms with E-state index in [0.717, 1.165) is 36.6 Å². The van der Waals surface area contributed by atoms with Gasteiger partial charge in [-0.3, -0.25) is 0 Å². The van der Waals surface area contributed by atoms with E-state index in [1.165, 1.54) is 16.0 Å². The highest BCUT2D eigenvalue weighted by atomic mass is 32.1. The van der Waals surface area contributed by atoms with E-state index in [9.17, 15) is 5.11 Å². The van der Waals surface area contributed by atoms with E-state index >= 15 is 0 Å². The summed E-state index contributed by atoms with van der Waals surface area (Å²) in [6.07, 6.45) is 2.61. The lowest BCUT2D eigenvalue weighted by molar-refractivity contribution is 0.153. The van der Waals surface area contributed by atoms with Gasteiger partial charge in [-0.1, -0.05) is 29.8 Å². The van der Waals surface area contributed by atoms with Crippen LogP contribution in [0.4, 0.5) is 5.13 Å². The molecule has 0 bridgehead atoms. The molecular formula is C16H20N2OS. The Morgan fingerprint density at radius 1 is 1.45 bits per heavy atom. The van der Waals surface area contributed by atoms with E-state index in [-0.39, 0.29) is 6.10 Å². The van der Waals surface area contributed by atoms with Crippen LogP contribution in [0.3, 0.4) is 0 Å². The van der Waals surface area contributed by atoms with E-state index in [1.807, 2.05) is 0 Å². The van der Waals surface area contributed by atoms with Crippen molar-refractivity contribution in [2.75, 3.05) is 11.9 Å². The summed E-state index contributed by atoms with van der Waals surface area (Å²) in [7, 11) is 2.07. The van der Waals surface area contributed by atoms with Crippen LogP contribution in [0.25, 0.3) is 0 Å². The Hall–Kier alpha value is -1.39. The summed E-state index contributed by atoms with van der Waals surface area (Å²) in [6.45, 7) is 2.96. The molecule has 1 heterocycles. The van der Waals surface area contributed by atoms with Crippen molar-refractivity contribution in [1.82, 2.24) is 4.98 Å². The van der Waals surface area contributed by atoms with Crippen LogP contribution in [-0.4, -0.2) is 17.1 Å². The number of nitrogens with zero attached hydrogens (tertiary/aromatic N) is 2. The summed E-state index contributed by atoms with van der Waals surface area (Å²) in [6, 6.07) is 8.56. The van der Waals surface area contributed by atoms with Gasteiger partial charge in [-0.2, -0.15) is 0 Å². The molecule has 0 amide bonds. The molecule has 3 rings (SSSR count). The molecule has 0 saturated carbocycles. The molecule has 106 valence electrons. The number of thiazole rings is 1. The number of aromatic nitrogens is 1. The third-order valence-corrected chi connectivity index (χ3v) is 4.99. The Morgan fingerprint density at radius 3 is 3.05 bits per heavy atom. The molecule has 3 nitrogen and oxygen atoms in total. The van der Waals surface area contributed by atoms with Gasteiger partial charge in [-0.05, 0) is 31.7 Å². The average Bonchev–Trinajstić information content (AvgIpc) is 2.84. The Labute approximate surface area is 123 Å². The predicted molar refractivity (Wildman–Crippen MR) is 83.3 cm³/mol. The average molecular weight is 288 g/mol. The monoisotopic (exact) mass is 288 g/mol. The quantitative estimate of drug-likeness (QED) is 0.939. The Balaban J connectivity index is 1.79. The molecule has 1 aliphatic rings. The van der Waals surface area contributed by atoms with Crippen LogP contribution >= 0.6 is 11.3 Å². The molecular weight excluding hydrogens is 268 g/mol. The van der Waals surface area contributed by atoms with Gasteiger partial charge in [0, 0.05) is 18.5 Å². The first-order valence-electron chi connectivity index (χ1n) is 7.08. The fourth-order valence-corrected chi connectivity index (χ4v) is 3.82. The molecule has 1 atom stereocenters. The number of fused-ring (bicyclic) bond motifs is 1. The molecule has 0 fully saturated rings. The van der Waals surface area contributed by atoms with Crippen molar-refractivity contribution < 1.29 is 5.11 Å². The van der Waals surface area contributed by atoms with Crippen molar-refractivity contribution in [3.8, 4) is 0 Å². The lowest BCUT2D eigenvalue weighted by atomic mass is 10.0. The van der Waals surface area contributed by atoms with Crippen molar-refractivity contribution >= 4 is 16.5 Å². The van der Waals surface area contributed by atoms with Crippen molar-refractivity contribution in [3.05, 3.63) is 46.0 Å². The van der Waals surface area contributed by atoms with Crippen molar-refractivity contribution in [2.24, 2.45) is 0 Å². The molecule has 1 aromatic heterocycles. The molecule has 20 heavy (non-hydrogen) atoms. The Kier molecular flexibility index (Phi) is 3.76. The number of aliphatic hydroxyl groups excluding tert-OH is 1. The minimum atomic E-state index is -0.365. The van der Waals surface area contributed by atoms with Gasteiger partial charge in [0.2, 0.25) is 0 Å². The third kappa shape index (κ3) is 2.72. The number of rotatable bonds is 3. The fraction of sp³-hybridized carbons (Fsp3) is 0.438. The number of benzene rings is 1. The minimum absolute atomic E-state index is 0.365. The lowest BCUT2D eigenvalue weighted by Crippen LogP contribution is -2.16. The molecule has 0 saturated heterocycles. The zero-order valence-electron chi connectivity index (χ0n) is 12.0. The normalized spacial score (nSPS) is 17.9. The predicted octanol–water partition coefficient (Wildman–Crippen LogP) is 3.46. The van der Waals surface area contributed by atoms with Gasteiger partial charge in [0.25, 0.3) is 0 Å². The number of aliphatic hydroxyl groups is 1. The van der Waals surface area contributed by atoms with Gasteiger partial charge in [0.05, 0.1) is 11.8 Å². The molecule has 0 spiro atoms. The van der Waals surface area contributed by atoms with Gasteiger partial charge in [0.1, 0.15) is 0 Å². The zero-order chi connectivity index (χ0) is 14.1. The Bertz CT molecular complexity index is 608. The van der Waals surface area contributed by atoms with E-state index in [2.05, 4.69) is 48.1 Å². The smallest absolute Gasteiger partial charge is 0.185 e. The zero-order valence-corrected chi connectivity index (χ0v) is 12.8. The van der Waals surface area contributed by atoms with Gasteiger partial charge >= 0.3 is 0 Å². The molecule has 0 aliphatic heterocycles. The van der Waals surface area contributed by atoms with Crippen LogP contribution in [0.15, 0.2) is 24.3 Å². The minimum Gasteiger partial charge on any atom is -0.387 e. The largest absolute Gasteiger partial charge is 0.387 e. The van der Waals surface area contributed by atoms with Crippen LogP contribution in [0.2, 0.25) is 0 Å². The highest BCUT2D eigenvalue weighted by Gasteiger charge is 2.23. The summed E-state index contributed by atoms with van der Waals surface area (Å²) in [4.78, 5) is 8.07. The molecule has 4 heteroatoms. The lowest BCUT2D eigenvalue weighted by Gasteiger charge is -2.16. The van der Waals surface area contributed by atoms with Gasteiger partial charge in [0.15, 0.2) is 5.13 Å². The maximum absolute atomic E-state index is 10.0. The first-order valence-corrected chi connectivity index (χ1v) is 7.89. The second-order valence-corrected chi connectivity index (χ2v) is 6.62. The second-order valence-electron chi connectivity index (χ2n) is 5.56. The van der Waals surface area contributed by atoms with Crippen LogP contribution in [0.5, 0.6) is 0 Å². The van der Waals surface area contributed by atoms with Gasteiger partial charge in [-0.25, -0.2) is 4.98 Å². The number of hydrogen-bond donors (Lipinski definition) is 1. The van der Waals surface area contributed by atoms with Crippen LogP contribution in [0, 0.1) is 6.92 Å². The highest BCUT2D eigenvalue weighted by molar-refractivity contribution is 7.15. The van der Waals surface area contributed by atoms with E-state index in [0.29, 0.717) is 0 Å². The first kappa shape index (κ1) is 13.6. The highest BCUT2D eigenvalue weighted by Crippen LogP contribution is 2.36. The van der Waals surface area contributed by atoms with Gasteiger partial charge in [-0.15, -0.1) is 11.3 Å². The third-order valence-electron chi connectivity index (χ3n) is 3.74. The topological polar surface area (TPSA) is 36.4 Å². The second kappa shape index (κ2) is 5.54. The Morgan fingerprint density at radius 2 is 2.30 bits per heavy atom. The van der Waals surface area contributed by atoms with Crippen LogP contribution in [0.1, 0.15) is 40.6 Å². The summed E-state index contributed by atoms with van der Waals surface area (Å²) in [5.41, 5.74) is 3.48. The number of anilines is 1. The molecule has 1 unspecified atom stereocenters. The fourth-order valence-electron chi connectivity index (χ4n) is 2.70. The van der Waals surface area contributed by atoms with Gasteiger partial charge < -0.3 is 10.0 Å². The van der Waals surface area contributed by atoms with E-state index in [1.54, 1.807) is 11.3 Å². The van der Waals surface area contributed by atoms with Crippen molar-refractivity contribution in [1.29, 1.82) is 0 Å². The maximum Gasteiger partial charge on any atom is 0.185 e. The number of hydrogen-bond acceptors (Lipinski definition) is 4. The summed E-state index contributed by atoms with van der Waals surface area (Å²) in [5.74, 6) is 0. The molecule has 0 radical (unpaired) electrons. The van der Waals surface area contributed by atoms with Crippen molar-refractivity contribution in [3.63, 3.8) is 0 Å². The first-order chi connectivity index (χ1) is 9.63. The maximum atomic E-state index is 10.0. The molecule has 1 aliphatic carbocycles. The summed E-state index contributed by atoms with van der Waals surface area (Å²) < 4.78 is 0. The molecule has 2 aromatic rings.